The number of nitrogens with zero attached hydrogens (tertiary/aromatic N) is 2. The molecule has 1 atom stereocenters. The zero-order chi connectivity index (χ0) is 14.4. The van der Waals surface area contributed by atoms with E-state index in [0.717, 1.165) is 5.56 Å². The Bertz CT molecular complexity index is 562. The Kier molecular flexibility index (Phi) is 4.85. The van der Waals surface area contributed by atoms with Gasteiger partial charge in [0.1, 0.15) is 6.33 Å². The van der Waals surface area contributed by atoms with E-state index in [9.17, 15) is 9.90 Å². The van der Waals surface area contributed by atoms with Crippen LogP contribution in [0.2, 0.25) is 0 Å². The number of aliphatic hydroxyl groups is 1. The highest BCUT2D eigenvalue weighted by atomic mass is 32.1. The summed E-state index contributed by atoms with van der Waals surface area (Å²) in [5.41, 5.74) is 0.773. The van der Waals surface area contributed by atoms with Crippen molar-refractivity contribution in [1.82, 2.24) is 15.3 Å². The van der Waals surface area contributed by atoms with Crippen LogP contribution in [0.5, 0.6) is 5.75 Å². The lowest BCUT2D eigenvalue weighted by atomic mass is 10.2. The molecule has 2 heterocycles. The van der Waals surface area contributed by atoms with Crippen molar-refractivity contribution in [2.75, 3.05) is 19.0 Å². The minimum Gasteiger partial charge on any atom is -0.491 e. The van der Waals surface area contributed by atoms with Gasteiger partial charge >= 0.3 is 6.03 Å². The lowest BCUT2D eigenvalue weighted by Gasteiger charge is -2.12. The van der Waals surface area contributed by atoms with Crippen LogP contribution in [0.1, 0.15) is 11.7 Å². The average Bonchev–Trinajstić information content (AvgIpc) is 2.99. The van der Waals surface area contributed by atoms with Gasteiger partial charge in [0, 0.05) is 6.54 Å². The minimum atomic E-state index is -0.737. The number of aliphatic hydroxyl groups excluding tert-OH is 1. The van der Waals surface area contributed by atoms with Crippen LogP contribution in [0.4, 0.5) is 10.6 Å². The fourth-order valence-electron chi connectivity index (χ4n) is 1.48. The van der Waals surface area contributed by atoms with Gasteiger partial charge in [-0.3, -0.25) is 5.32 Å². The van der Waals surface area contributed by atoms with Gasteiger partial charge in [-0.05, 0) is 22.4 Å². The molecule has 20 heavy (non-hydrogen) atoms. The van der Waals surface area contributed by atoms with Crippen LogP contribution in [-0.2, 0) is 0 Å². The molecule has 0 spiro atoms. The maximum atomic E-state index is 11.7. The highest BCUT2D eigenvalue weighted by Crippen LogP contribution is 2.18. The zero-order valence-electron chi connectivity index (χ0n) is 10.7. The topological polar surface area (TPSA) is 96.4 Å². The average molecular weight is 294 g/mol. The molecule has 8 heteroatoms. The van der Waals surface area contributed by atoms with Crippen LogP contribution in [0.3, 0.4) is 0 Å². The van der Waals surface area contributed by atoms with E-state index in [-0.39, 0.29) is 12.4 Å². The van der Waals surface area contributed by atoms with Gasteiger partial charge in [-0.2, -0.15) is 11.3 Å². The standard InChI is InChI=1S/C12H14N4O3S/c1-19-10-5-13-7-15-11(10)16-12(18)14-4-9(17)8-2-3-20-6-8/h2-3,5-7,9,17H,4H2,1H3,(H2,13,14,15,16,18)/t9-/m0/s1. The molecule has 7 nitrogen and oxygen atoms in total. The number of hydrogen-bond acceptors (Lipinski definition) is 6. The number of hydrogen-bond donors (Lipinski definition) is 3. The molecule has 0 aliphatic carbocycles. The van der Waals surface area contributed by atoms with E-state index in [1.54, 1.807) is 0 Å². The van der Waals surface area contributed by atoms with E-state index < -0.39 is 12.1 Å². The normalized spacial score (nSPS) is 11.7. The van der Waals surface area contributed by atoms with Crippen molar-refractivity contribution in [1.29, 1.82) is 0 Å². The van der Waals surface area contributed by atoms with Crippen LogP contribution < -0.4 is 15.4 Å². The molecular formula is C12H14N4O3S. The molecule has 3 N–H and O–H groups in total. The van der Waals surface area contributed by atoms with Crippen LogP contribution in [0.25, 0.3) is 0 Å². The lowest BCUT2D eigenvalue weighted by molar-refractivity contribution is 0.175. The first kappa shape index (κ1) is 14.2. The van der Waals surface area contributed by atoms with Crippen molar-refractivity contribution >= 4 is 23.2 Å². The maximum absolute atomic E-state index is 11.7. The Morgan fingerprint density at radius 1 is 1.60 bits per heavy atom. The van der Waals surface area contributed by atoms with Crippen LogP contribution in [0, 0.1) is 0 Å². The monoisotopic (exact) mass is 294 g/mol. The van der Waals surface area contributed by atoms with Crippen molar-refractivity contribution in [3.63, 3.8) is 0 Å². The first-order valence-corrected chi connectivity index (χ1v) is 6.74. The Morgan fingerprint density at radius 3 is 3.15 bits per heavy atom. The molecule has 0 radical (unpaired) electrons. The molecule has 0 aliphatic rings. The molecule has 0 saturated heterocycles. The van der Waals surface area contributed by atoms with Crippen LogP contribution in [0.15, 0.2) is 29.4 Å². The number of aromatic nitrogens is 2. The first-order chi connectivity index (χ1) is 9.70. The summed E-state index contributed by atoms with van der Waals surface area (Å²) in [4.78, 5) is 19.4. The quantitative estimate of drug-likeness (QED) is 0.774. The van der Waals surface area contributed by atoms with Gasteiger partial charge in [0.25, 0.3) is 0 Å². The second-order valence-corrected chi connectivity index (χ2v) is 4.63. The predicted octanol–water partition coefficient (Wildman–Crippen LogP) is 1.40. The van der Waals surface area contributed by atoms with E-state index in [2.05, 4.69) is 20.6 Å². The Balaban J connectivity index is 1.86. The van der Waals surface area contributed by atoms with E-state index in [1.165, 1.54) is 31.0 Å². The number of anilines is 1. The summed E-state index contributed by atoms with van der Waals surface area (Å²) in [6.45, 7) is 0.107. The molecular weight excluding hydrogens is 280 g/mol. The number of carbonyl (C=O) groups excluding carboxylic acids is 1. The van der Waals surface area contributed by atoms with Crippen molar-refractivity contribution in [2.45, 2.75) is 6.10 Å². The molecule has 2 aromatic heterocycles. The summed E-state index contributed by atoms with van der Waals surface area (Å²) in [6.07, 6.45) is 2.01. The van der Waals surface area contributed by atoms with E-state index >= 15 is 0 Å². The summed E-state index contributed by atoms with van der Waals surface area (Å²) in [6, 6.07) is 1.33. The summed E-state index contributed by atoms with van der Waals surface area (Å²) >= 11 is 1.49. The third-order valence-corrected chi connectivity index (χ3v) is 3.22. The second kappa shape index (κ2) is 6.83. The molecule has 2 aromatic rings. The van der Waals surface area contributed by atoms with Crippen molar-refractivity contribution in [3.05, 3.63) is 34.9 Å². The minimum absolute atomic E-state index is 0.107. The van der Waals surface area contributed by atoms with Gasteiger partial charge in [-0.15, -0.1) is 0 Å². The van der Waals surface area contributed by atoms with Crippen molar-refractivity contribution < 1.29 is 14.6 Å². The van der Waals surface area contributed by atoms with Gasteiger partial charge in [-0.25, -0.2) is 14.8 Å². The number of methoxy groups -OCH3 is 1. The highest BCUT2D eigenvalue weighted by molar-refractivity contribution is 7.07. The number of rotatable bonds is 5. The van der Waals surface area contributed by atoms with Gasteiger partial charge in [-0.1, -0.05) is 0 Å². The Morgan fingerprint density at radius 2 is 2.45 bits per heavy atom. The van der Waals surface area contributed by atoms with Gasteiger partial charge in [0.15, 0.2) is 11.6 Å². The fraction of sp³-hybridized carbons (Fsp3) is 0.250. The molecule has 0 aliphatic heterocycles. The summed E-state index contributed by atoms with van der Waals surface area (Å²) in [7, 11) is 1.46. The molecule has 2 amide bonds. The zero-order valence-corrected chi connectivity index (χ0v) is 11.6. The SMILES string of the molecule is COc1cncnc1NC(=O)NC[C@H](O)c1ccsc1. The number of urea groups is 1. The smallest absolute Gasteiger partial charge is 0.320 e. The third-order valence-electron chi connectivity index (χ3n) is 2.51. The maximum Gasteiger partial charge on any atom is 0.320 e. The molecule has 0 aromatic carbocycles. The molecule has 0 bridgehead atoms. The number of ether oxygens (including phenoxy) is 1. The van der Waals surface area contributed by atoms with Crippen molar-refractivity contribution in [2.24, 2.45) is 0 Å². The number of amides is 2. The summed E-state index contributed by atoms with van der Waals surface area (Å²) in [5.74, 6) is 0.631. The van der Waals surface area contributed by atoms with E-state index in [1.807, 2.05) is 16.8 Å². The number of carbonyl (C=O) groups is 1. The number of nitrogens with one attached hydrogen (secondary N) is 2. The van der Waals surface area contributed by atoms with Gasteiger partial charge in [0.2, 0.25) is 0 Å². The van der Waals surface area contributed by atoms with Crippen molar-refractivity contribution in [3.8, 4) is 5.75 Å². The van der Waals surface area contributed by atoms with E-state index in [4.69, 9.17) is 4.74 Å². The van der Waals surface area contributed by atoms with E-state index in [0.29, 0.717) is 5.75 Å². The third kappa shape index (κ3) is 3.65. The predicted molar refractivity (Wildman–Crippen MR) is 74.9 cm³/mol. The first-order valence-electron chi connectivity index (χ1n) is 5.79. The van der Waals surface area contributed by atoms with Gasteiger partial charge in [0.05, 0.1) is 19.4 Å². The highest BCUT2D eigenvalue weighted by Gasteiger charge is 2.12. The molecule has 0 fully saturated rings. The van der Waals surface area contributed by atoms with Crippen LogP contribution in [-0.4, -0.2) is 34.8 Å². The molecule has 2 rings (SSSR count). The Hall–Kier alpha value is -2.19. The molecule has 106 valence electrons. The fourth-order valence-corrected chi connectivity index (χ4v) is 2.19. The summed E-state index contributed by atoms with van der Waals surface area (Å²) < 4.78 is 5.02. The lowest BCUT2D eigenvalue weighted by Crippen LogP contribution is -2.32. The van der Waals surface area contributed by atoms with Crippen LogP contribution >= 0.6 is 11.3 Å². The number of thiophene rings is 1. The van der Waals surface area contributed by atoms with Gasteiger partial charge < -0.3 is 15.2 Å². The Labute approximate surface area is 119 Å². The largest absolute Gasteiger partial charge is 0.491 e. The molecule has 0 saturated carbocycles. The molecule has 0 unspecified atom stereocenters. The summed E-state index contributed by atoms with van der Waals surface area (Å²) in [5, 5.41) is 18.6. The second-order valence-electron chi connectivity index (χ2n) is 3.85.